The van der Waals surface area contributed by atoms with Crippen molar-refractivity contribution in [3.05, 3.63) is 36.4 Å². The lowest BCUT2D eigenvalue weighted by atomic mass is 10.0. The van der Waals surface area contributed by atoms with Crippen LogP contribution in [0.4, 0.5) is 0 Å². The van der Waals surface area contributed by atoms with Crippen molar-refractivity contribution in [1.82, 2.24) is 0 Å². The maximum Gasteiger partial charge on any atom is 0.127 e. The van der Waals surface area contributed by atoms with Crippen LogP contribution in [0.3, 0.4) is 0 Å². The van der Waals surface area contributed by atoms with Gasteiger partial charge in [-0.25, -0.2) is 0 Å². The van der Waals surface area contributed by atoms with Crippen LogP contribution in [-0.4, -0.2) is 12.2 Å². The lowest BCUT2D eigenvalue weighted by Gasteiger charge is -2.15. The fourth-order valence-corrected chi connectivity index (χ4v) is 1.38. The molecule has 3 N–H and O–H groups in total. The van der Waals surface area contributed by atoms with Crippen LogP contribution in [0, 0.1) is 0 Å². The third kappa shape index (κ3) is 3.15. The Hall–Kier alpha value is -1.19. The molecular formula is C11H16ClNO2. The van der Waals surface area contributed by atoms with E-state index in [4.69, 9.17) is 10.5 Å². The number of halogens is 1. The molecule has 0 saturated heterocycles. The van der Waals surface area contributed by atoms with Crippen LogP contribution in [0.5, 0.6) is 11.5 Å². The number of phenols is 1. The average Bonchev–Trinajstić information content (AvgIpc) is 2.17. The number of methoxy groups -OCH3 is 1. The molecule has 0 spiro atoms. The Morgan fingerprint density at radius 2 is 2.27 bits per heavy atom. The van der Waals surface area contributed by atoms with E-state index in [1.165, 1.54) is 0 Å². The Balaban J connectivity index is 0.00000196. The van der Waals surface area contributed by atoms with Crippen LogP contribution in [0.15, 0.2) is 30.9 Å². The third-order valence-corrected chi connectivity index (χ3v) is 2.05. The topological polar surface area (TPSA) is 55.5 Å². The van der Waals surface area contributed by atoms with E-state index in [9.17, 15) is 5.11 Å². The van der Waals surface area contributed by atoms with Crippen molar-refractivity contribution in [3.8, 4) is 11.5 Å². The summed E-state index contributed by atoms with van der Waals surface area (Å²) in [5.74, 6) is 0.776. The first-order valence-electron chi connectivity index (χ1n) is 4.43. The molecule has 0 radical (unpaired) electrons. The zero-order valence-corrected chi connectivity index (χ0v) is 9.46. The SMILES string of the molecule is C=CC[C@H](N)c1c(O)cccc1OC.Cl. The Bertz CT molecular complexity index is 328. The minimum Gasteiger partial charge on any atom is -0.507 e. The largest absolute Gasteiger partial charge is 0.507 e. The number of aromatic hydroxyl groups is 1. The predicted molar refractivity (Wildman–Crippen MR) is 63.6 cm³/mol. The van der Waals surface area contributed by atoms with Crippen LogP contribution in [0.2, 0.25) is 0 Å². The standard InChI is InChI=1S/C11H15NO2.ClH/c1-3-5-8(12)11-9(13)6-4-7-10(11)14-2;/h3-4,6-8,13H,1,5,12H2,2H3;1H/t8-;/m0./s1. The summed E-state index contributed by atoms with van der Waals surface area (Å²) in [7, 11) is 1.55. The van der Waals surface area contributed by atoms with Gasteiger partial charge in [0.25, 0.3) is 0 Å². The molecule has 15 heavy (non-hydrogen) atoms. The molecule has 1 aromatic carbocycles. The normalized spacial score (nSPS) is 11.3. The van der Waals surface area contributed by atoms with Gasteiger partial charge < -0.3 is 15.6 Å². The van der Waals surface area contributed by atoms with Crippen molar-refractivity contribution in [2.45, 2.75) is 12.5 Å². The third-order valence-electron chi connectivity index (χ3n) is 2.05. The molecule has 1 atom stereocenters. The number of hydrogen-bond donors (Lipinski definition) is 2. The second kappa shape index (κ2) is 6.32. The van der Waals surface area contributed by atoms with Gasteiger partial charge in [0.2, 0.25) is 0 Å². The summed E-state index contributed by atoms with van der Waals surface area (Å²) in [6.45, 7) is 3.61. The molecule has 4 heteroatoms. The zero-order chi connectivity index (χ0) is 10.6. The first-order chi connectivity index (χ1) is 6.70. The molecule has 0 heterocycles. The van der Waals surface area contributed by atoms with Crippen molar-refractivity contribution < 1.29 is 9.84 Å². The van der Waals surface area contributed by atoms with Crippen molar-refractivity contribution in [3.63, 3.8) is 0 Å². The van der Waals surface area contributed by atoms with Gasteiger partial charge in [0.1, 0.15) is 11.5 Å². The fourth-order valence-electron chi connectivity index (χ4n) is 1.38. The molecule has 3 nitrogen and oxygen atoms in total. The Kier molecular flexibility index (Phi) is 5.82. The number of phenolic OH excluding ortho intramolecular Hbond substituents is 1. The summed E-state index contributed by atoms with van der Waals surface area (Å²) in [6, 6.07) is 4.82. The fraction of sp³-hybridized carbons (Fsp3) is 0.273. The van der Waals surface area contributed by atoms with Gasteiger partial charge in [-0.15, -0.1) is 19.0 Å². The van der Waals surface area contributed by atoms with Crippen LogP contribution in [0.25, 0.3) is 0 Å². The average molecular weight is 230 g/mol. The summed E-state index contributed by atoms with van der Waals surface area (Å²) >= 11 is 0. The van der Waals surface area contributed by atoms with Gasteiger partial charge in [-0.05, 0) is 18.6 Å². The van der Waals surface area contributed by atoms with Gasteiger partial charge in [0, 0.05) is 6.04 Å². The highest BCUT2D eigenvalue weighted by Crippen LogP contribution is 2.33. The monoisotopic (exact) mass is 229 g/mol. The molecule has 1 aromatic rings. The minimum atomic E-state index is -0.274. The van der Waals surface area contributed by atoms with Gasteiger partial charge in [-0.3, -0.25) is 0 Å². The van der Waals surface area contributed by atoms with Crippen LogP contribution in [0.1, 0.15) is 18.0 Å². The first kappa shape index (κ1) is 13.8. The molecule has 0 saturated carbocycles. The van der Waals surface area contributed by atoms with Gasteiger partial charge in [-0.1, -0.05) is 12.1 Å². The highest BCUT2D eigenvalue weighted by atomic mass is 35.5. The van der Waals surface area contributed by atoms with Gasteiger partial charge in [0.15, 0.2) is 0 Å². The number of rotatable bonds is 4. The van der Waals surface area contributed by atoms with E-state index in [1.807, 2.05) is 0 Å². The van der Waals surface area contributed by atoms with E-state index >= 15 is 0 Å². The summed E-state index contributed by atoms with van der Waals surface area (Å²) in [5.41, 5.74) is 6.51. The Morgan fingerprint density at radius 3 is 2.80 bits per heavy atom. The Labute approximate surface area is 96.0 Å². The number of benzene rings is 1. The van der Waals surface area contributed by atoms with Crippen LogP contribution >= 0.6 is 12.4 Å². The Morgan fingerprint density at radius 1 is 1.60 bits per heavy atom. The molecule has 0 aliphatic heterocycles. The van der Waals surface area contributed by atoms with E-state index in [-0.39, 0.29) is 24.2 Å². The van der Waals surface area contributed by atoms with E-state index in [1.54, 1.807) is 31.4 Å². The maximum absolute atomic E-state index is 9.63. The van der Waals surface area contributed by atoms with E-state index in [0.717, 1.165) is 0 Å². The van der Waals surface area contributed by atoms with E-state index in [0.29, 0.717) is 17.7 Å². The molecule has 0 aliphatic rings. The summed E-state index contributed by atoms with van der Waals surface area (Å²) in [5, 5.41) is 9.63. The first-order valence-corrected chi connectivity index (χ1v) is 4.43. The van der Waals surface area contributed by atoms with Gasteiger partial charge >= 0.3 is 0 Å². The molecule has 1 rings (SSSR count). The maximum atomic E-state index is 9.63. The zero-order valence-electron chi connectivity index (χ0n) is 8.64. The molecule has 0 amide bonds. The molecular weight excluding hydrogens is 214 g/mol. The molecule has 84 valence electrons. The molecule has 0 bridgehead atoms. The minimum absolute atomic E-state index is 0. The molecule has 0 aliphatic carbocycles. The quantitative estimate of drug-likeness (QED) is 0.780. The second-order valence-electron chi connectivity index (χ2n) is 3.02. The van der Waals surface area contributed by atoms with Crippen molar-refractivity contribution in [2.75, 3.05) is 7.11 Å². The highest BCUT2D eigenvalue weighted by molar-refractivity contribution is 5.85. The summed E-state index contributed by atoms with van der Waals surface area (Å²) < 4.78 is 5.12. The lowest BCUT2D eigenvalue weighted by molar-refractivity contribution is 0.393. The van der Waals surface area contributed by atoms with Gasteiger partial charge in [0.05, 0.1) is 12.7 Å². The molecule has 0 fully saturated rings. The van der Waals surface area contributed by atoms with Crippen LogP contribution in [-0.2, 0) is 0 Å². The van der Waals surface area contributed by atoms with Crippen LogP contribution < -0.4 is 10.5 Å². The number of hydrogen-bond acceptors (Lipinski definition) is 3. The van der Waals surface area contributed by atoms with Gasteiger partial charge in [-0.2, -0.15) is 0 Å². The van der Waals surface area contributed by atoms with Crippen molar-refractivity contribution in [1.29, 1.82) is 0 Å². The smallest absolute Gasteiger partial charge is 0.127 e. The van der Waals surface area contributed by atoms with E-state index in [2.05, 4.69) is 6.58 Å². The predicted octanol–water partition coefficient (Wildman–Crippen LogP) is 2.40. The highest BCUT2D eigenvalue weighted by Gasteiger charge is 2.14. The number of ether oxygens (including phenoxy) is 1. The summed E-state index contributed by atoms with van der Waals surface area (Å²) in [4.78, 5) is 0. The molecule has 0 unspecified atom stereocenters. The number of nitrogens with two attached hydrogens (primary N) is 1. The summed E-state index contributed by atoms with van der Waals surface area (Å²) in [6.07, 6.45) is 2.32. The van der Waals surface area contributed by atoms with Crippen molar-refractivity contribution >= 4 is 12.4 Å². The second-order valence-corrected chi connectivity index (χ2v) is 3.02. The molecule has 0 aromatic heterocycles. The van der Waals surface area contributed by atoms with E-state index < -0.39 is 0 Å². The lowest BCUT2D eigenvalue weighted by Crippen LogP contribution is -2.10. The van der Waals surface area contributed by atoms with Crippen molar-refractivity contribution in [2.24, 2.45) is 5.73 Å².